The standard InChI is InChI=1S/C21H21FN2O4S/c1-4-16(20(26)27)24-17-9-8-14(28-5-2)11-18(17)29-21(24)23-19(25)13-7-6-12(3)15(22)10-13/h6-11,16H,4-5H2,1-3H3,(H,26,27). The first-order chi connectivity index (χ1) is 13.8. The summed E-state index contributed by atoms with van der Waals surface area (Å²) in [5.74, 6) is -1.49. The molecule has 29 heavy (non-hydrogen) atoms. The van der Waals surface area contributed by atoms with E-state index in [1.165, 1.54) is 23.5 Å². The number of carboxylic acid groups (broad SMARTS) is 1. The van der Waals surface area contributed by atoms with Gasteiger partial charge in [-0.3, -0.25) is 4.79 Å². The van der Waals surface area contributed by atoms with E-state index in [1.807, 2.05) is 6.92 Å². The number of hydrogen-bond donors (Lipinski definition) is 1. The van der Waals surface area contributed by atoms with Crippen LogP contribution in [0.25, 0.3) is 10.2 Å². The van der Waals surface area contributed by atoms with Crippen LogP contribution in [0.5, 0.6) is 5.75 Å². The third-order valence-corrected chi connectivity index (χ3v) is 5.53. The molecule has 0 aliphatic carbocycles. The normalized spacial score (nSPS) is 12.9. The smallest absolute Gasteiger partial charge is 0.326 e. The van der Waals surface area contributed by atoms with Crippen LogP contribution in [-0.2, 0) is 4.79 Å². The first-order valence-corrected chi connectivity index (χ1v) is 10.0. The molecule has 2 aromatic carbocycles. The summed E-state index contributed by atoms with van der Waals surface area (Å²) < 4.78 is 21.6. The van der Waals surface area contributed by atoms with E-state index in [-0.39, 0.29) is 10.4 Å². The lowest BCUT2D eigenvalue weighted by molar-refractivity contribution is -0.140. The van der Waals surface area contributed by atoms with Crippen LogP contribution in [0.4, 0.5) is 4.39 Å². The van der Waals surface area contributed by atoms with Crippen LogP contribution >= 0.6 is 11.3 Å². The lowest BCUT2D eigenvalue weighted by Crippen LogP contribution is -2.27. The largest absolute Gasteiger partial charge is 0.494 e. The SMILES string of the molecule is CCOc1ccc2c(c1)sc(=NC(=O)c1ccc(C)c(F)c1)n2C(CC)C(=O)O. The van der Waals surface area contributed by atoms with Crippen LogP contribution in [0, 0.1) is 12.7 Å². The predicted octanol–water partition coefficient (Wildman–Crippen LogP) is 4.33. The van der Waals surface area contributed by atoms with Crippen molar-refractivity contribution in [2.24, 2.45) is 4.99 Å². The number of hydrogen-bond acceptors (Lipinski definition) is 4. The Morgan fingerprint density at radius 1 is 1.24 bits per heavy atom. The predicted molar refractivity (Wildman–Crippen MR) is 109 cm³/mol. The molecular formula is C21H21FN2O4S. The molecule has 0 radical (unpaired) electrons. The number of carbonyl (C=O) groups is 2. The van der Waals surface area contributed by atoms with Crippen molar-refractivity contribution in [1.82, 2.24) is 4.57 Å². The maximum Gasteiger partial charge on any atom is 0.326 e. The van der Waals surface area contributed by atoms with Crippen molar-refractivity contribution < 1.29 is 23.8 Å². The molecule has 0 spiro atoms. The highest BCUT2D eigenvalue weighted by molar-refractivity contribution is 7.16. The summed E-state index contributed by atoms with van der Waals surface area (Å²) in [7, 11) is 0. The number of carboxylic acids is 1. The number of nitrogens with zero attached hydrogens (tertiary/aromatic N) is 2. The average Bonchev–Trinajstić information content (AvgIpc) is 3.01. The Bertz CT molecular complexity index is 1150. The lowest BCUT2D eigenvalue weighted by atomic mass is 10.1. The maximum absolute atomic E-state index is 13.8. The van der Waals surface area contributed by atoms with Crippen molar-refractivity contribution in [3.8, 4) is 5.75 Å². The molecule has 3 aromatic rings. The van der Waals surface area contributed by atoms with Crippen LogP contribution in [0.2, 0.25) is 0 Å². The number of benzene rings is 2. The molecule has 8 heteroatoms. The van der Waals surface area contributed by atoms with E-state index in [9.17, 15) is 19.1 Å². The summed E-state index contributed by atoms with van der Waals surface area (Å²) in [5, 5.41) is 9.67. The second-order valence-corrected chi connectivity index (χ2v) is 7.47. The van der Waals surface area contributed by atoms with Crippen molar-refractivity contribution in [1.29, 1.82) is 0 Å². The van der Waals surface area contributed by atoms with Gasteiger partial charge in [-0.1, -0.05) is 24.3 Å². The van der Waals surface area contributed by atoms with Crippen LogP contribution in [0.1, 0.15) is 42.2 Å². The summed E-state index contributed by atoms with van der Waals surface area (Å²) in [5.41, 5.74) is 1.18. The Labute approximate surface area is 170 Å². The minimum atomic E-state index is -1.02. The van der Waals surface area contributed by atoms with E-state index in [2.05, 4.69) is 4.99 Å². The summed E-state index contributed by atoms with van der Waals surface area (Å²) in [4.78, 5) is 28.8. The van der Waals surface area contributed by atoms with Gasteiger partial charge in [-0.15, -0.1) is 0 Å². The van der Waals surface area contributed by atoms with Gasteiger partial charge in [0.2, 0.25) is 0 Å². The fourth-order valence-electron chi connectivity index (χ4n) is 3.01. The number of rotatable bonds is 6. The minimum Gasteiger partial charge on any atom is -0.494 e. The fourth-order valence-corrected chi connectivity index (χ4v) is 4.10. The van der Waals surface area contributed by atoms with Gasteiger partial charge in [0, 0.05) is 5.56 Å². The van der Waals surface area contributed by atoms with E-state index in [0.717, 1.165) is 10.8 Å². The summed E-state index contributed by atoms with van der Waals surface area (Å²) in [6.45, 7) is 5.73. The van der Waals surface area contributed by atoms with E-state index in [0.29, 0.717) is 29.9 Å². The van der Waals surface area contributed by atoms with Gasteiger partial charge in [-0.05, 0) is 56.2 Å². The molecule has 0 saturated carbocycles. The van der Waals surface area contributed by atoms with Gasteiger partial charge in [0.15, 0.2) is 4.80 Å². The van der Waals surface area contributed by atoms with Crippen LogP contribution in [-0.4, -0.2) is 28.2 Å². The van der Waals surface area contributed by atoms with Crippen LogP contribution < -0.4 is 9.54 Å². The number of carbonyl (C=O) groups excluding carboxylic acids is 1. The molecule has 6 nitrogen and oxygen atoms in total. The highest BCUT2D eigenvalue weighted by atomic mass is 32.1. The van der Waals surface area contributed by atoms with Crippen LogP contribution in [0.3, 0.4) is 0 Å². The first-order valence-electron chi connectivity index (χ1n) is 9.21. The van der Waals surface area contributed by atoms with Gasteiger partial charge in [0.1, 0.15) is 17.6 Å². The number of aliphatic carboxylic acids is 1. The van der Waals surface area contributed by atoms with Gasteiger partial charge in [0.25, 0.3) is 5.91 Å². The zero-order chi connectivity index (χ0) is 21.1. The molecule has 152 valence electrons. The summed E-state index contributed by atoms with van der Waals surface area (Å²) in [6.07, 6.45) is 0.314. The van der Waals surface area contributed by atoms with E-state index < -0.39 is 23.7 Å². The first kappa shape index (κ1) is 20.7. The highest BCUT2D eigenvalue weighted by Crippen LogP contribution is 2.27. The monoisotopic (exact) mass is 416 g/mol. The van der Waals surface area contributed by atoms with E-state index >= 15 is 0 Å². The average molecular weight is 416 g/mol. The third-order valence-electron chi connectivity index (χ3n) is 4.51. The minimum absolute atomic E-state index is 0.107. The van der Waals surface area contributed by atoms with Crippen LogP contribution in [0.15, 0.2) is 41.4 Å². The molecule has 3 rings (SSSR count). The Balaban J connectivity index is 2.20. The van der Waals surface area contributed by atoms with Crippen molar-refractivity contribution in [3.63, 3.8) is 0 Å². The molecule has 1 aromatic heterocycles. The molecule has 1 heterocycles. The molecular weight excluding hydrogens is 395 g/mol. The Morgan fingerprint density at radius 3 is 2.62 bits per heavy atom. The molecule has 1 unspecified atom stereocenters. The number of aromatic nitrogens is 1. The highest BCUT2D eigenvalue weighted by Gasteiger charge is 2.22. The molecule has 0 aliphatic rings. The Kier molecular flexibility index (Phi) is 6.12. The molecule has 0 fully saturated rings. The number of thiazole rings is 1. The molecule has 1 amide bonds. The third kappa shape index (κ3) is 4.22. The molecule has 0 saturated heterocycles. The van der Waals surface area contributed by atoms with Gasteiger partial charge in [-0.2, -0.15) is 4.99 Å². The van der Waals surface area contributed by atoms with Gasteiger partial charge >= 0.3 is 5.97 Å². The van der Waals surface area contributed by atoms with Crippen molar-refractivity contribution in [3.05, 3.63) is 58.1 Å². The van der Waals surface area contributed by atoms with Crippen molar-refractivity contribution in [2.75, 3.05) is 6.61 Å². The Hall–Kier alpha value is -3.00. The van der Waals surface area contributed by atoms with Crippen molar-refractivity contribution in [2.45, 2.75) is 33.2 Å². The molecule has 0 bridgehead atoms. The second-order valence-electron chi connectivity index (χ2n) is 6.46. The quantitative estimate of drug-likeness (QED) is 0.649. The fraction of sp³-hybridized carbons (Fsp3) is 0.286. The number of amides is 1. The zero-order valence-electron chi connectivity index (χ0n) is 16.3. The lowest BCUT2D eigenvalue weighted by Gasteiger charge is -2.13. The molecule has 1 atom stereocenters. The summed E-state index contributed by atoms with van der Waals surface area (Å²) in [6, 6.07) is 8.58. The van der Waals surface area contributed by atoms with Gasteiger partial charge in [0.05, 0.1) is 16.8 Å². The zero-order valence-corrected chi connectivity index (χ0v) is 17.1. The van der Waals surface area contributed by atoms with E-state index in [4.69, 9.17) is 4.74 Å². The second kappa shape index (κ2) is 8.57. The van der Waals surface area contributed by atoms with Crippen molar-refractivity contribution >= 4 is 33.4 Å². The number of halogens is 1. The van der Waals surface area contributed by atoms with Gasteiger partial charge < -0.3 is 14.4 Å². The van der Waals surface area contributed by atoms with E-state index in [1.54, 1.807) is 36.6 Å². The van der Waals surface area contributed by atoms with Gasteiger partial charge in [-0.25, -0.2) is 9.18 Å². The molecule has 0 aliphatic heterocycles. The number of ether oxygens (including phenoxy) is 1. The number of aryl methyl sites for hydroxylation is 1. The number of fused-ring (bicyclic) bond motifs is 1. The summed E-state index contributed by atoms with van der Waals surface area (Å²) >= 11 is 1.19. The molecule has 1 N–H and O–H groups in total. The maximum atomic E-state index is 13.8. The Morgan fingerprint density at radius 2 is 2.00 bits per heavy atom. The topological polar surface area (TPSA) is 80.9 Å².